The van der Waals surface area contributed by atoms with Crippen molar-refractivity contribution >= 4 is 11.8 Å². The first-order valence-electron chi connectivity index (χ1n) is 4.12. The summed E-state index contributed by atoms with van der Waals surface area (Å²) in [6, 6.07) is 3.77. The summed E-state index contributed by atoms with van der Waals surface area (Å²) >= 11 is 1.53. The molecule has 0 aliphatic carbocycles. The Hall–Kier alpha value is -0.670. The van der Waals surface area contributed by atoms with Gasteiger partial charge in [0, 0.05) is 10.5 Å². The molecule has 1 unspecified atom stereocenters. The van der Waals surface area contributed by atoms with Gasteiger partial charge in [-0.3, -0.25) is 0 Å². The van der Waals surface area contributed by atoms with E-state index in [1.807, 2.05) is 25.3 Å². The van der Waals surface area contributed by atoms with Crippen molar-refractivity contribution < 1.29 is 10.2 Å². The smallest absolute Gasteiger partial charge is 0.125 e. The number of aliphatic hydroxyl groups is 1. The van der Waals surface area contributed by atoms with Gasteiger partial charge in [0.1, 0.15) is 5.75 Å². The molecule has 0 bridgehead atoms. The van der Waals surface area contributed by atoms with Gasteiger partial charge >= 0.3 is 0 Å². The van der Waals surface area contributed by atoms with Crippen molar-refractivity contribution in [2.24, 2.45) is 0 Å². The number of rotatable bonds is 2. The summed E-state index contributed by atoms with van der Waals surface area (Å²) < 4.78 is 0. The van der Waals surface area contributed by atoms with Crippen LogP contribution in [0.3, 0.4) is 0 Å². The van der Waals surface area contributed by atoms with Gasteiger partial charge in [-0.15, -0.1) is 11.8 Å². The molecule has 0 saturated heterocycles. The van der Waals surface area contributed by atoms with E-state index >= 15 is 0 Å². The van der Waals surface area contributed by atoms with E-state index in [2.05, 4.69) is 0 Å². The fourth-order valence-electron chi connectivity index (χ4n) is 1.28. The lowest BCUT2D eigenvalue weighted by atomic mass is 10.1. The average molecular weight is 198 g/mol. The van der Waals surface area contributed by atoms with E-state index in [0.29, 0.717) is 5.56 Å². The molecule has 0 amide bonds. The van der Waals surface area contributed by atoms with Crippen LogP contribution in [0.15, 0.2) is 17.0 Å². The molecule has 0 aliphatic rings. The third-order valence-electron chi connectivity index (χ3n) is 2.02. The van der Waals surface area contributed by atoms with E-state index < -0.39 is 6.10 Å². The number of phenols is 1. The number of aryl methyl sites for hydroxylation is 1. The number of aliphatic hydroxyl groups excluding tert-OH is 1. The highest BCUT2D eigenvalue weighted by Crippen LogP contribution is 2.35. The van der Waals surface area contributed by atoms with Crippen LogP contribution in [0.1, 0.15) is 24.2 Å². The molecule has 0 aromatic heterocycles. The Morgan fingerprint density at radius 2 is 2.00 bits per heavy atom. The Morgan fingerprint density at radius 1 is 1.38 bits per heavy atom. The minimum atomic E-state index is -0.623. The molecular weight excluding hydrogens is 184 g/mol. The topological polar surface area (TPSA) is 40.5 Å². The van der Waals surface area contributed by atoms with Crippen molar-refractivity contribution in [2.45, 2.75) is 24.8 Å². The van der Waals surface area contributed by atoms with Crippen molar-refractivity contribution in [1.82, 2.24) is 0 Å². The summed E-state index contributed by atoms with van der Waals surface area (Å²) in [7, 11) is 0. The molecule has 72 valence electrons. The van der Waals surface area contributed by atoms with Crippen LogP contribution in [0.4, 0.5) is 0 Å². The average Bonchev–Trinajstić information content (AvgIpc) is 2.08. The Labute approximate surface area is 82.6 Å². The number of aromatic hydroxyl groups is 1. The van der Waals surface area contributed by atoms with Gasteiger partial charge in [0.2, 0.25) is 0 Å². The maximum atomic E-state index is 9.71. The summed E-state index contributed by atoms with van der Waals surface area (Å²) in [5.41, 5.74) is 1.43. The van der Waals surface area contributed by atoms with Gasteiger partial charge in [-0.25, -0.2) is 0 Å². The molecule has 1 atom stereocenters. The highest BCUT2D eigenvalue weighted by atomic mass is 32.2. The van der Waals surface area contributed by atoms with Crippen molar-refractivity contribution in [3.05, 3.63) is 23.3 Å². The quantitative estimate of drug-likeness (QED) is 0.717. The Bertz CT molecular complexity index is 308. The van der Waals surface area contributed by atoms with Crippen LogP contribution in [0.25, 0.3) is 0 Å². The SMILES string of the molecule is CSc1ccc(C)c(O)c1C(C)O. The molecular formula is C10H14O2S. The summed E-state index contributed by atoms with van der Waals surface area (Å²) in [6.07, 6.45) is 1.30. The van der Waals surface area contributed by atoms with Crippen molar-refractivity contribution in [2.75, 3.05) is 6.26 Å². The molecule has 1 aromatic carbocycles. The monoisotopic (exact) mass is 198 g/mol. The zero-order valence-corrected chi connectivity index (χ0v) is 8.85. The van der Waals surface area contributed by atoms with Crippen LogP contribution in [0, 0.1) is 6.92 Å². The number of benzene rings is 1. The first kappa shape index (κ1) is 10.4. The maximum absolute atomic E-state index is 9.71. The predicted molar refractivity (Wildman–Crippen MR) is 55.3 cm³/mol. The van der Waals surface area contributed by atoms with Crippen LogP contribution in [-0.2, 0) is 0 Å². The van der Waals surface area contributed by atoms with Gasteiger partial charge in [-0.2, -0.15) is 0 Å². The first-order chi connectivity index (χ1) is 6.07. The summed E-state index contributed by atoms with van der Waals surface area (Å²) in [4.78, 5) is 0.929. The zero-order chi connectivity index (χ0) is 10.0. The standard InChI is InChI=1S/C10H14O2S/c1-6-4-5-8(13-3)9(7(2)11)10(6)12/h4-5,7,11-12H,1-3H3. The molecule has 13 heavy (non-hydrogen) atoms. The lowest BCUT2D eigenvalue weighted by Gasteiger charge is -2.13. The molecule has 0 heterocycles. The van der Waals surface area contributed by atoms with E-state index in [1.165, 1.54) is 11.8 Å². The van der Waals surface area contributed by atoms with Gasteiger partial charge < -0.3 is 10.2 Å². The van der Waals surface area contributed by atoms with E-state index in [1.54, 1.807) is 6.92 Å². The van der Waals surface area contributed by atoms with Crippen LogP contribution < -0.4 is 0 Å². The molecule has 1 aromatic rings. The molecule has 0 aliphatic heterocycles. The second kappa shape index (κ2) is 4.03. The van der Waals surface area contributed by atoms with Crippen LogP contribution in [-0.4, -0.2) is 16.5 Å². The van der Waals surface area contributed by atoms with Crippen molar-refractivity contribution in [3.8, 4) is 5.75 Å². The molecule has 0 radical (unpaired) electrons. The van der Waals surface area contributed by atoms with E-state index in [4.69, 9.17) is 0 Å². The van der Waals surface area contributed by atoms with Gasteiger partial charge in [0.05, 0.1) is 6.10 Å². The van der Waals surface area contributed by atoms with Gasteiger partial charge in [0.25, 0.3) is 0 Å². The fourth-order valence-corrected chi connectivity index (χ4v) is 1.97. The van der Waals surface area contributed by atoms with E-state index in [9.17, 15) is 10.2 Å². The lowest BCUT2D eigenvalue weighted by Crippen LogP contribution is -1.96. The molecule has 0 fully saturated rings. The predicted octanol–water partition coefficient (Wildman–Crippen LogP) is 2.48. The molecule has 2 N–H and O–H groups in total. The Morgan fingerprint density at radius 3 is 2.46 bits per heavy atom. The van der Waals surface area contributed by atoms with Gasteiger partial charge in [-0.05, 0) is 31.7 Å². The fraction of sp³-hybridized carbons (Fsp3) is 0.400. The Balaban J connectivity index is 3.32. The van der Waals surface area contributed by atoms with Crippen molar-refractivity contribution in [1.29, 1.82) is 0 Å². The number of phenolic OH excluding ortho intramolecular Hbond substituents is 1. The third kappa shape index (κ3) is 1.98. The molecule has 2 nitrogen and oxygen atoms in total. The molecule has 0 spiro atoms. The summed E-state index contributed by atoms with van der Waals surface area (Å²) in [6.45, 7) is 3.49. The third-order valence-corrected chi connectivity index (χ3v) is 2.81. The minimum absolute atomic E-state index is 0.210. The lowest BCUT2D eigenvalue weighted by molar-refractivity contribution is 0.191. The summed E-state index contributed by atoms with van der Waals surface area (Å²) in [5, 5.41) is 19.2. The first-order valence-corrected chi connectivity index (χ1v) is 5.35. The largest absolute Gasteiger partial charge is 0.507 e. The molecule has 0 saturated carbocycles. The van der Waals surface area contributed by atoms with Crippen LogP contribution in [0.2, 0.25) is 0 Å². The summed E-state index contributed by atoms with van der Waals surface area (Å²) in [5.74, 6) is 0.210. The second-order valence-corrected chi connectivity index (χ2v) is 3.87. The maximum Gasteiger partial charge on any atom is 0.125 e. The molecule has 1 rings (SSSR count). The van der Waals surface area contributed by atoms with Gasteiger partial charge in [0.15, 0.2) is 0 Å². The van der Waals surface area contributed by atoms with E-state index in [0.717, 1.165) is 10.5 Å². The minimum Gasteiger partial charge on any atom is -0.507 e. The normalized spacial score (nSPS) is 12.9. The highest BCUT2D eigenvalue weighted by molar-refractivity contribution is 7.98. The van der Waals surface area contributed by atoms with Crippen molar-refractivity contribution in [3.63, 3.8) is 0 Å². The number of hydrogen-bond donors (Lipinski definition) is 2. The molecule has 3 heteroatoms. The number of hydrogen-bond acceptors (Lipinski definition) is 3. The Kier molecular flexibility index (Phi) is 3.22. The van der Waals surface area contributed by atoms with Crippen LogP contribution in [0.5, 0.6) is 5.75 Å². The second-order valence-electron chi connectivity index (χ2n) is 3.02. The zero-order valence-electron chi connectivity index (χ0n) is 8.03. The van der Waals surface area contributed by atoms with Crippen LogP contribution >= 0.6 is 11.8 Å². The van der Waals surface area contributed by atoms with Gasteiger partial charge in [-0.1, -0.05) is 6.07 Å². The van der Waals surface area contributed by atoms with E-state index in [-0.39, 0.29) is 5.75 Å². The highest BCUT2D eigenvalue weighted by Gasteiger charge is 2.14. The number of thioether (sulfide) groups is 1.